The van der Waals surface area contributed by atoms with Crippen LogP contribution < -0.4 is 0 Å². The first-order valence-corrected chi connectivity index (χ1v) is 17.9. The number of fused-ring (bicyclic) bond motifs is 2. The average molecular weight is 588 g/mol. The van der Waals surface area contributed by atoms with Gasteiger partial charge >= 0.3 is 6.09 Å². The van der Waals surface area contributed by atoms with Crippen LogP contribution in [0.25, 0.3) is 21.5 Å². The molecule has 0 aromatic heterocycles. The summed E-state index contributed by atoms with van der Waals surface area (Å²) in [5, 5.41) is 4.74. The fourth-order valence-electron chi connectivity index (χ4n) is 6.88. The minimum atomic E-state index is -0.129. The third-order valence-electron chi connectivity index (χ3n) is 9.26. The van der Waals surface area contributed by atoms with Crippen molar-refractivity contribution in [2.75, 3.05) is 13.1 Å². The molecule has 43 heavy (non-hydrogen) atoms. The van der Waals surface area contributed by atoms with Gasteiger partial charge in [-0.05, 0) is 65.1 Å². The SMILES string of the molecule is CCCCCCCC(CCC)CN(CC(CCC)CCCCCCC)C(=O)OCc1c2ccccc2cc2ccccc12. The molecule has 3 aromatic rings. The Kier molecular flexibility index (Phi) is 16.6. The highest BCUT2D eigenvalue weighted by Gasteiger charge is 2.24. The summed E-state index contributed by atoms with van der Waals surface area (Å²) in [6.45, 7) is 11.1. The predicted molar refractivity (Wildman–Crippen MR) is 187 cm³/mol. The summed E-state index contributed by atoms with van der Waals surface area (Å²) < 4.78 is 6.27. The molecule has 2 atom stereocenters. The second-order valence-corrected chi connectivity index (χ2v) is 13.0. The highest BCUT2D eigenvalue weighted by Crippen LogP contribution is 2.30. The molecule has 0 spiro atoms. The van der Waals surface area contributed by atoms with Gasteiger partial charge in [0.15, 0.2) is 0 Å². The van der Waals surface area contributed by atoms with E-state index in [4.69, 9.17) is 4.74 Å². The number of hydrogen-bond donors (Lipinski definition) is 0. The normalized spacial score (nSPS) is 12.9. The molecule has 0 fully saturated rings. The molecule has 0 aliphatic carbocycles. The van der Waals surface area contributed by atoms with Crippen LogP contribution in [0.1, 0.15) is 136 Å². The molecule has 0 saturated heterocycles. The van der Waals surface area contributed by atoms with Crippen LogP contribution in [0.15, 0.2) is 54.6 Å². The van der Waals surface area contributed by atoms with Crippen molar-refractivity contribution >= 4 is 27.6 Å². The maximum atomic E-state index is 14.0. The summed E-state index contributed by atoms with van der Waals surface area (Å²) in [6.07, 6.45) is 20.0. The van der Waals surface area contributed by atoms with Gasteiger partial charge < -0.3 is 9.64 Å². The molecule has 0 heterocycles. The Balaban J connectivity index is 1.78. The number of rotatable bonds is 22. The van der Waals surface area contributed by atoms with Crippen LogP contribution in [0.2, 0.25) is 0 Å². The molecule has 3 nitrogen and oxygen atoms in total. The lowest BCUT2D eigenvalue weighted by molar-refractivity contribution is 0.0808. The molecule has 0 saturated carbocycles. The van der Waals surface area contributed by atoms with Gasteiger partial charge in [-0.2, -0.15) is 0 Å². The van der Waals surface area contributed by atoms with Crippen LogP contribution in [0, 0.1) is 11.8 Å². The number of nitrogens with zero attached hydrogens (tertiary/aromatic N) is 1. The number of carbonyl (C=O) groups is 1. The van der Waals surface area contributed by atoms with Crippen LogP contribution in [0.3, 0.4) is 0 Å². The van der Waals surface area contributed by atoms with Gasteiger partial charge in [0.1, 0.15) is 6.61 Å². The van der Waals surface area contributed by atoms with Crippen molar-refractivity contribution in [2.45, 2.75) is 137 Å². The second kappa shape index (κ2) is 20.4. The van der Waals surface area contributed by atoms with Crippen molar-refractivity contribution in [3.8, 4) is 0 Å². The van der Waals surface area contributed by atoms with Crippen molar-refractivity contribution in [2.24, 2.45) is 11.8 Å². The maximum Gasteiger partial charge on any atom is 0.410 e. The topological polar surface area (TPSA) is 29.5 Å². The molecule has 0 bridgehead atoms. The zero-order valence-corrected chi connectivity index (χ0v) is 28.0. The van der Waals surface area contributed by atoms with Crippen LogP contribution in [-0.4, -0.2) is 24.1 Å². The first-order chi connectivity index (χ1) is 21.1. The lowest BCUT2D eigenvalue weighted by Crippen LogP contribution is -2.39. The van der Waals surface area contributed by atoms with Gasteiger partial charge in [-0.3, -0.25) is 0 Å². The molecule has 2 unspecified atom stereocenters. The Morgan fingerprint density at radius 2 is 1.07 bits per heavy atom. The van der Waals surface area contributed by atoms with Crippen molar-refractivity contribution in [1.82, 2.24) is 4.90 Å². The Morgan fingerprint density at radius 3 is 1.53 bits per heavy atom. The molecule has 3 aromatic carbocycles. The fourth-order valence-corrected chi connectivity index (χ4v) is 6.88. The van der Waals surface area contributed by atoms with Gasteiger partial charge in [0.2, 0.25) is 0 Å². The Bertz CT molecular complexity index is 1110. The van der Waals surface area contributed by atoms with Gasteiger partial charge in [0.05, 0.1) is 0 Å². The van der Waals surface area contributed by atoms with E-state index in [1.165, 1.54) is 124 Å². The third kappa shape index (κ3) is 11.8. The molecule has 238 valence electrons. The minimum absolute atomic E-state index is 0.129. The number of carbonyl (C=O) groups excluding carboxylic acids is 1. The number of hydrogen-bond acceptors (Lipinski definition) is 2. The number of benzene rings is 3. The van der Waals surface area contributed by atoms with E-state index in [1.54, 1.807) is 0 Å². The summed E-state index contributed by atoms with van der Waals surface area (Å²) in [6, 6.07) is 19.2. The summed E-state index contributed by atoms with van der Waals surface area (Å²) in [4.78, 5) is 16.1. The molecule has 3 rings (SSSR count). The van der Waals surface area contributed by atoms with E-state index in [1.807, 2.05) is 0 Å². The number of amides is 1. The molecular formula is C40H61NO2. The van der Waals surface area contributed by atoms with Crippen LogP contribution in [-0.2, 0) is 11.3 Å². The summed E-state index contributed by atoms with van der Waals surface area (Å²) in [5.41, 5.74) is 1.11. The smallest absolute Gasteiger partial charge is 0.410 e. The van der Waals surface area contributed by atoms with E-state index in [9.17, 15) is 4.79 Å². The van der Waals surface area contributed by atoms with E-state index in [2.05, 4.69) is 87.2 Å². The lowest BCUT2D eigenvalue weighted by atomic mass is 9.93. The molecule has 0 N–H and O–H groups in total. The predicted octanol–water partition coefficient (Wildman–Crippen LogP) is 12.5. The zero-order chi connectivity index (χ0) is 30.7. The summed E-state index contributed by atoms with van der Waals surface area (Å²) in [5.74, 6) is 1.09. The third-order valence-corrected chi connectivity index (χ3v) is 9.26. The molecule has 3 heteroatoms. The Morgan fingerprint density at radius 1 is 0.605 bits per heavy atom. The van der Waals surface area contributed by atoms with Crippen molar-refractivity contribution in [3.63, 3.8) is 0 Å². The number of ether oxygens (including phenoxy) is 1. The van der Waals surface area contributed by atoms with Crippen LogP contribution in [0.4, 0.5) is 4.79 Å². The molecule has 0 radical (unpaired) electrons. The summed E-state index contributed by atoms with van der Waals surface area (Å²) in [7, 11) is 0. The van der Waals surface area contributed by atoms with Gasteiger partial charge in [-0.15, -0.1) is 0 Å². The molecule has 1 amide bonds. The van der Waals surface area contributed by atoms with Crippen molar-refractivity contribution < 1.29 is 9.53 Å². The van der Waals surface area contributed by atoms with Gasteiger partial charge in [0.25, 0.3) is 0 Å². The highest BCUT2D eigenvalue weighted by atomic mass is 16.6. The average Bonchev–Trinajstić information content (AvgIpc) is 3.02. The van der Waals surface area contributed by atoms with Gasteiger partial charge in [-0.1, -0.05) is 153 Å². The first kappa shape index (κ1) is 34.9. The largest absolute Gasteiger partial charge is 0.444 e. The summed E-state index contributed by atoms with van der Waals surface area (Å²) >= 11 is 0. The fraction of sp³-hybridized carbons (Fsp3) is 0.625. The Labute approximate surface area is 263 Å². The standard InChI is InChI=1S/C40H61NO2/c1-5-9-11-13-15-23-33(21-7-3)30-41(31-34(22-8-4)24-16-14-12-10-6-2)40(42)43-32-39-37-27-19-17-25-35(37)29-36-26-18-20-28-38(36)39/h17-20,25-29,33-34H,5-16,21-24,30-32H2,1-4H3. The molecule has 0 aliphatic heterocycles. The molecule has 0 aliphatic rings. The minimum Gasteiger partial charge on any atom is -0.444 e. The quantitative estimate of drug-likeness (QED) is 0.0864. The van der Waals surface area contributed by atoms with Crippen molar-refractivity contribution in [1.29, 1.82) is 0 Å². The van der Waals surface area contributed by atoms with E-state index in [0.717, 1.165) is 18.7 Å². The van der Waals surface area contributed by atoms with E-state index in [-0.39, 0.29) is 6.09 Å². The first-order valence-electron chi connectivity index (χ1n) is 17.9. The van der Waals surface area contributed by atoms with Crippen LogP contribution >= 0.6 is 0 Å². The van der Waals surface area contributed by atoms with Crippen molar-refractivity contribution in [3.05, 3.63) is 60.2 Å². The van der Waals surface area contributed by atoms with E-state index >= 15 is 0 Å². The molecular weight excluding hydrogens is 526 g/mol. The number of unbranched alkanes of at least 4 members (excludes halogenated alkanes) is 8. The monoisotopic (exact) mass is 587 g/mol. The van der Waals surface area contributed by atoms with Crippen LogP contribution in [0.5, 0.6) is 0 Å². The zero-order valence-electron chi connectivity index (χ0n) is 28.0. The highest BCUT2D eigenvalue weighted by molar-refractivity contribution is 6.02. The van der Waals surface area contributed by atoms with E-state index < -0.39 is 0 Å². The van der Waals surface area contributed by atoms with Gasteiger partial charge in [0, 0.05) is 18.7 Å². The van der Waals surface area contributed by atoms with Gasteiger partial charge in [-0.25, -0.2) is 4.79 Å². The van der Waals surface area contributed by atoms with E-state index in [0.29, 0.717) is 18.4 Å². The second-order valence-electron chi connectivity index (χ2n) is 13.0. The lowest BCUT2D eigenvalue weighted by Gasteiger charge is -2.31. The maximum absolute atomic E-state index is 14.0. The Hall–Kier alpha value is -2.55.